The van der Waals surface area contributed by atoms with Crippen LogP contribution in [0.25, 0.3) is 11.0 Å². The summed E-state index contributed by atoms with van der Waals surface area (Å²) in [7, 11) is 1.64. The highest BCUT2D eigenvalue weighted by Gasteiger charge is 2.33. The molecule has 3 aromatic heterocycles. The molecular formula is C22H23F3N4O2. The normalized spacial score (nSPS) is 17.4. The van der Waals surface area contributed by atoms with Crippen LogP contribution in [0.15, 0.2) is 29.1 Å². The smallest absolute Gasteiger partial charge is 0.357 e. The summed E-state index contributed by atoms with van der Waals surface area (Å²) in [6, 6.07) is 5.77. The lowest BCUT2D eigenvalue weighted by Crippen LogP contribution is -2.42. The van der Waals surface area contributed by atoms with Crippen LogP contribution in [-0.4, -0.2) is 38.4 Å². The van der Waals surface area contributed by atoms with Crippen LogP contribution >= 0.6 is 0 Å². The number of fused-ring (bicyclic) bond motifs is 1. The quantitative estimate of drug-likeness (QED) is 0.667. The summed E-state index contributed by atoms with van der Waals surface area (Å²) >= 11 is 0. The molecule has 31 heavy (non-hydrogen) atoms. The first kappa shape index (κ1) is 21.1. The number of likely N-dealkylation sites (tertiary alicyclic amines) is 1. The molecule has 0 bridgehead atoms. The van der Waals surface area contributed by atoms with Crippen LogP contribution in [0.4, 0.5) is 13.2 Å². The van der Waals surface area contributed by atoms with Gasteiger partial charge in [0.2, 0.25) is 0 Å². The Hall–Kier alpha value is -3.10. The molecule has 1 saturated heterocycles. The van der Waals surface area contributed by atoms with E-state index < -0.39 is 11.9 Å². The van der Waals surface area contributed by atoms with Gasteiger partial charge >= 0.3 is 6.18 Å². The van der Waals surface area contributed by atoms with Gasteiger partial charge in [-0.05, 0) is 56.5 Å². The van der Waals surface area contributed by atoms with Crippen molar-refractivity contribution >= 4 is 16.9 Å². The number of hydrogen-bond acceptors (Lipinski definition) is 3. The lowest BCUT2D eigenvalue weighted by atomic mass is 9.94. The number of hydrogen-bond donors (Lipinski definition) is 1. The van der Waals surface area contributed by atoms with Crippen molar-refractivity contribution in [3.8, 4) is 0 Å². The van der Waals surface area contributed by atoms with E-state index in [1.54, 1.807) is 24.9 Å². The minimum absolute atomic E-state index is 0.0733. The molecule has 4 heterocycles. The summed E-state index contributed by atoms with van der Waals surface area (Å²) in [5.74, 6) is -0.382. The molecule has 1 N–H and O–H groups in total. The predicted molar refractivity (Wildman–Crippen MR) is 110 cm³/mol. The lowest BCUT2D eigenvalue weighted by Gasteiger charge is -2.32. The molecule has 0 aromatic carbocycles. The summed E-state index contributed by atoms with van der Waals surface area (Å²) in [4.78, 5) is 34.4. The predicted octanol–water partition coefficient (Wildman–Crippen LogP) is 3.92. The van der Waals surface area contributed by atoms with E-state index in [9.17, 15) is 22.8 Å². The molecular weight excluding hydrogens is 409 g/mol. The van der Waals surface area contributed by atoms with Crippen LogP contribution in [0.5, 0.6) is 0 Å². The maximum Gasteiger partial charge on any atom is 0.433 e. The molecule has 0 aliphatic carbocycles. The van der Waals surface area contributed by atoms with E-state index in [2.05, 4.69) is 9.97 Å². The molecule has 6 nitrogen and oxygen atoms in total. The summed E-state index contributed by atoms with van der Waals surface area (Å²) in [6.45, 7) is 4.48. The summed E-state index contributed by atoms with van der Waals surface area (Å²) < 4.78 is 40.3. The van der Waals surface area contributed by atoms with Gasteiger partial charge in [0.05, 0.1) is 11.0 Å². The molecule has 3 aromatic rings. The molecule has 9 heteroatoms. The van der Waals surface area contributed by atoms with Gasteiger partial charge in [0, 0.05) is 37.4 Å². The van der Waals surface area contributed by atoms with E-state index in [0.717, 1.165) is 30.3 Å². The number of rotatable bonds is 2. The summed E-state index contributed by atoms with van der Waals surface area (Å²) in [6.07, 6.45) is -2.98. The van der Waals surface area contributed by atoms with Crippen LogP contribution in [-0.2, 0) is 13.2 Å². The number of nitrogens with one attached hydrogen (secondary N) is 1. The van der Waals surface area contributed by atoms with Crippen LogP contribution in [0.1, 0.15) is 51.8 Å². The largest absolute Gasteiger partial charge is 0.433 e. The van der Waals surface area contributed by atoms with E-state index in [1.165, 1.54) is 10.6 Å². The van der Waals surface area contributed by atoms with Crippen molar-refractivity contribution in [3.05, 3.63) is 62.8 Å². The second-order valence-electron chi connectivity index (χ2n) is 8.15. The van der Waals surface area contributed by atoms with E-state index in [1.807, 2.05) is 13.0 Å². The van der Waals surface area contributed by atoms with Gasteiger partial charge in [-0.2, -0.15) is 13.2 Å². The Bertz CT molecular complexity index is 1230. The summed E-state index contributed by atoms with van der Waals surface area (Å²) in [5.41, 5.74) is 1.85. The van der Waals surface area contributed by atoms with Crippen LogP contribution in [0.3, 0.4) is 0 Å². The first-order chi connectivity index (χ1) is 14.6. The topological polar surface area (TPSA) is 71.0 Å². The van der Waals surface area contributed by atoms with Gasteiger partial charge < -0.3 is 14.5 Å². The molecule has 0 spiro atoms. The highest BCUT2D eigenvalue weighted by Crippen LogP contribution is 2.32. The molecule has 1 fully saturated rings. The third-order valence-electron chi connectivity index (χ3n) is 6.02. The fourth-order valence-corrected chi connectivity index (χ4v) is 4.22. The van der Waals surface area contributed by atoms with E-state index in [-0.39, 0.29) is 28.5 Å². The van der Waals surface area contributed by atoms with Gasteiger partial charge in [-0.25, -0.2) is 4.98 Å². The van der Waals surface area contributed by atoms with E-state index >= 15 is 0 Å². The van der Waals surface area contributed by atoms with Crippen LogP contribution in [0, 0.1) is 13.8 Å². The van der Waals surface area contributed by atoms with Crippen molar-refractivity contribution in [1.29, 1.82) is 0 Å². The Kier molecular flexibility index (Phi) is 5.15. The Morgan fingerprint density at radius 2 is 1.97 bits per heavy atom. The Morgan fingerprint density at radius 3 is 2.68 bits per heavy atom. The number of aryl methyl sites for hydroxylation is 2. The van der Waals surface area contributed by atoms with Crippen LogP contribution in [0.2, 0.25) is 0 Å². The first-order valence-electron chi connectivity index (χ1n) is 10.1. The number of aromatic nitrogens is 3. The monoisotopic (exact) mass is 432 g/mol. The zero-order valence-electron chi connectivity index (χ0n) is 17.5. The molecule has 164 valence electrons. The van der Waals surface area contributed by atoms with Crippen molar-refractivity contribution in [3.63, 3.8) is 0 Å². The fourth-order valence-electron chi connectivity index (χ4n) is 4.22. The minimum Gasteiger partial charge on any atom is -0.357 e. The molecule has 0 saturated carbocycles. The van der Waals surface area contributed by atoms with Crippen molar-refractivity contribution in [2.75, 3.05) is 13.1 Å². The summed E-state index contributed by atoms with van der Waals surface area (Å²) in [5, 5.41) is 0. The van der Waals surface area contributed by atoms with Crippen molar-refractivity contribution in [2.24, 2.45) is 7.05 Å². The maximum absolute atomic E-state index is 13.2. The second kappa shape index (κ2) is 7.55. The van der Waals surface area contributed by atoms with E-state index in [4.69, 9.17) is 0 Å². The molecule has 1 atom stereocenters. The van der Waals surface area contributed by atoms with Crippen LogP contribution < -0.4 is 5.56 Å². The maximum atomic E-state index is 13.2. The lowest BCUT2D eigenvalue weighted by molar-refractivity contribution is -0.140. The zero-order valence-corrected chi connectivity index (χ0v) is 17.5. The standard InChI is InChI=1S/C22H23F3N4O2/c1-12-9-13(2)28(3)20(30)19(12)21(31)29-8-4-5-14(11-29)16-10-17-15(26-16)6-7-18(27-17)22(23,24)25/h6-7,9-10,14,26H,4-5,8,11H2,1-3H3/t14-/m1/s1. The highest BCUT2D eigenvalue weighted by atomic mass is 19.4. The molecule has 1 aliphatic rings. The number of pyridine rings is 2. The number of aromatic amines is 1. The van der Waals surface area contributed by atoms with Gasteiger partial charge in [0.1, 0.15) is 11.3 Å². The average molecular weight is 432 g/mol. The molecule has 0 unspecified atom stereocenters. The number of amides is 1. The molecule has 4 rings (SSSR count). The molecule has 1 amide bonds. The number of carbonyl (C=O) groups is 1. The Labute approximate surface area is 176 Å². The van der Waals surface area contributed by atoms with Gasteiger partial charge in [-0.3, -0.25) is 9.59 Å². The van der Waals surface area contributed by atoms with Gasteiger partial charge in [-0.1, -0.05) is 0 Å². The van der Waals surface area contributed by atoms with E-state index in [0.29, 0.717) is 24.2 Å². The Morgan fingerprint density at radius 1 is 1.23 bits per heavy atom. The first-order valence-corrected chi connectivity index (χ1v) is 10.1. The number of alkyl halides is 3. The number of carbonyl (C=O) groups excluding carboxylic acids is 1. The van der Waals surface area contributed by atoms with Crippen molar-refractivity contribution in [2.45, 2.75) is 38.8 Å². The number of H-pyrrole nitrogens is 1. The second-order valence-corrected chi connectivity index (χ2v) is 8.15. The minimum atomic E-state index is -4.50. The third-order valence-corrected chi connectivity index (χ3v) is 6.02. The third kappa shape index (κ3) is 3.84. The number of piperidine rings is 1. The highest BCUT2D eigenvalue weighted by molar-refractivity contribution is 5.95. The number of nitrogens with zero attached hydrogens (tertiary/aromatic N) is 3. The van der Waals surface area contributed by atoms with Gasteiger partial charge in [0.25, 0.3) is 11.5 Å². The fraction of sp³-hybridized carbons (Fsp3) is 0.409. The molecule has 0 radical (unpaired) electrons. The van der Waals surface area contributed by atoms with Gasteiger partial charge in [-0.15, -0.1) is 0 Å². The molecule has 1 aliphatic heterocycles. The average Bonchev–Trinajstić information content (AvgIpc) is 3.15. The van der Waals surface area contributed by atoms with Crippen molar-refractivity contribution in [1.82, 2.24) is 19.4 Å². The number of halogens is 3. The Balaban J connectivity index is 1.61. The zero-order chi connectivity index (χ0) is 22.5. The van der Waals surface area contributed by atoms with Crippen molar-refractivity contribution < 1.29 is 18.0 Å². The van der Waals surface area contributed by atoms with Gasteiger partial charge in [0.15, 0.2) is 0 Å². The SMILES string of the molecule is Cc1cc(C)n(C)c(=O)c1C(=O)N1CCC[C@@H](c2cc3nc(C(F)(F)F)ccc3[nH]2)C1.